The molecule has 0 unspecified atom stereocenters. The van der Waals surface area contributed by atoms with E-state index in [-0.39, 0.29) is 31.0 Å². The van der Waals surface area contributed by atoms with Gasteiger partial charge in [0.1, 0.15) is 17.2 Å². The number of ether oxygens (including phenoxy) is 4. The minimum Gasteiger partial charge on any atom is -0.494 e. The van der Waals surface area contributed by atoms with Crippen LogP contribution in [0.5, 0.6) is 17.2 Å². The van der Waals surface area contributed by atoms with Crippen molar-refractivity contribution in [3.63, 3.8) is 0 Å². The topological polar surface area (TPSA) is 114 Å². The average molecular weight is 492 g/mol. The molecule has 1 amide bonds. The molecule has 2 N–H and O–H groups in total. The second kappa shape index (κ2) is 12.1. The molecule has 0 spiro atoms. The molecule has 9 heteroatoms. The Morgan fingerprint density at radius 3 is 1.74 bits per heavy atom. The van der Waals surface area contributed by atoms with E-state index in [1.54, 1.807) is 12.1 Å². The van der Waals surface area contributed by atoms with Gasteiger partial charge >= 0.3 is 0 Å². The minimum absolute atomic E-state index is 0.0472. The summed E-state index contributed by atoms with van der Waals surface area (Å²) >= 11 is 0. The lowest BCUT2D eigenvalue weighted by Crippen LogP contribution is -2.53. The van der Waals surface area contributed by atoms with Crippen LogP contribution in [0, 0.1) is 0 Å². The van der Waals surface area contributed by atoms with Gasteiger partial charge < -0.3 is 24.7 Å². The summed E-state index contributed by atoms with van der Waals surface area (Å²) in [6, 6.07) is 13.6. The maximum Gasteiger partial charge on any atom is 0.239 e. The Bertz CT molecular complexity index is 1010. The first-order chi connectivity index (χ1) is 16.4. The van der Waals surface area contributed by atoms with Crippen LogP contribution in [0.1, 0.15) is 39.0 Å². The van der Waals surface area contributed by atoms with E-state index in [2.05, 4.69) is 6.92 Å². The summed E-state index contributed by atoms with van der Waals surface area (Å²) in [5.41, 5.74) is 5.51. The molecule has 0 radical (unpaired) electrons. The zero-order valence-corrected chi connectivity index (χ0v) is 20.3. The second-order valence-electron chi connectivity index (χ2n) is 8.17. The van der Waals surface area contributed by atoms with Crippen LogP contribution < -0.4 is 19.9 Å². The zero-order chi connectivity index (χ0) is 24.4. The number of primary amides is 1. The molecule has 2 aromatic rings. The van der Waals surface area contributed by atoms with Gasteiger partial charge in [-0.05, 0) is 67.8 Å². The molecule has 2 aromatic carbocycles. The van der Waals surface area contributed by atoms with Gasteiger partial charge in [0.05, 0.1) is 24.7 Å². The average Bonchev–Trinajstić information content (AvgIpc) is 2.85. The molecule has 1 aliphatic rings. The number of carbonyl (C=O) groups excluding carboxylic acids is 1. The molecule has 0 saturated carbocycles. The number of hydrogen-bond donors (Lipinski definition) is 1. The number of sulfone groups is 1. The Labute approximate surface area is 201 Å². The summed E-state index contributed by atoms with van der Waals surface area (Å²) in [5.74, 6) is 1.28. The Morgan fingerprint density at radius 2 is 1.29 bits per heavy atom. The first-order valence-electron chi connectivity index (χ1n) is 11.6. The van der Waals surface area contributed by atoms with Crippen LogP contribution >= 0.6 is 0 Å². The monoisotopic (exact) mass is 491 g/mol. The highest BCUT2D eigenvalue weighted by molar-refractivity contribution is 7.93. The predicted octanol–water partition coefficient (Wildman–Crippen LogP) is 3.52. The molecule has 0 aromatic heterocycles. The summed E-state index contributed by atoms with van der Waals surface area (Å²) in [6.07, 6.45) is 2.88. The number of rotatable bonds is 13. The summed E-state index contributed by atoms with van der Waals surface area (Å²) in [5, 5.41) is 0. The quantitative estimate of drug-likeness (QED) is 0.426. The third kappa shape index (κ3) is 6.21. The van der Waals surface area contributed by atoms with Crippen molar-refractivity contribution in [2.75, 3.05) is 33.0 Å². The maximum atomic E-state index is 13.2. The maximum absolute atomic E-state index is 13.2. The molecular weight excluding hydrogens is 458 g/mol. The van der Waals surface area contributed by atoms with Crippen molar-refractivity contribution in [1.82, 2.24) is 0 Å². The first kappa shape index (κ1) is 25.8. The van der Waals surface area contributed by atoms with Crippen LogP contribution in [0.3, 0.4) is 0 Å². The van der Waals surface area contributed by atoms with Gasteiger partial charge in [-0.15, -0.1) is 0 Å². The lowest BCUT2D eigenvalue weighted by Gasteiger charge is -2.33. The van der Waals surface area contributed by atoms with Crippen LogP contribution in [0.15, 0.2) is 53.4 Å². The predicted molar refractivity (Wildman–Crippen MR) is 128 cm³/mol. The van der Waals surface area contributed by atoms with Gasteiger partial charge in [0.2, 0.25) is 5.91 Å². The van der Waals surface area contributed by atoms with Crippen molar-refractivity contribution in [2.24, 2.45) is 5.73 Å². The Morgan fingerprint density at radius 1 is 0.853 bits per heavy atom. The number of amides is 1. The van der Waals surface area contributed by atoms with Gasteiger partial charge in [0.15, 0.2) is 14.6 Å². The second-order valence-corrected chi connectivity index (χ2v) is 10.4. The summed E-state index contributed by atoms with van der Waals surface area (Å²) in [7, 11) is -3.95. The van der Waals surface area contributed by atoms with E-state index in [1.165, 1.54) is 12.1 Å². The van der Waals surface area contributed by atoms with Crippen LogP contribution in [-0.2, 0) is 19.4 Å². The summed E-state index contributed by atoms with van der Waals surface area (Å²) in [6.45, 7) is 4.09. The van der Waals surface area contributed by atoms with Crippen LogP contribution in [0.25, 0.3) is 0 Å². The molecule has 1 aliphatic heterocycles. The van der Waals surface area contributed by atoms with Gasteiger partial charge in [-0.2, -0.15) is 0 Å². The molecule has 0 bridgehead atoms. The van der Waals surface area contributed by atoms with E-state index in [9.17, 15) is 13.2 Å². The van der Waals surface area contributed by atoms with Crippen LogP contribution in [0.2, 0.25) is 0 Å². The van der Waals surface area contributed by atoms with Gasteiger partial charge in [-0.25, -0.2) is 8.42 Å². The molecule has 3 rings (SSSR count). The van der Waals surface area contributed by atoms with Crippen molar-refractivity contribution in [3.05, 3.63) is 48.5 Å². The molecule has 1 saturated heterocycles. The Kier molecular flexibility index (Phi) is 9.18. The molecule has 0 aliphatic carbocycles. The van der Waals surface area contributed by atoms with Crippen LogP contribution in [-0.4, -0.2) is 52.1 Å². The van der Waals surface area contributed by atoms with Crippen molar-refractivity contribution >= 4 is 15.7 Å². The number of hydrogen-bond acceptors (Lipinski definition) is 7. The van der Waals surface area contributed by atoms with Crippen molar-refractivity contribution in [2.45, 2.75) is 48.7 Å². The zero-order valence-electron chi connectivity index (χ0n) is 19.5. The lowest BCUT2D eigenvalue weighted by molar-refractivity contribution is -0.122. The lowest BCUT2D eigenvalue weighted by atomic mass is 9.98. The molecule has 1 heterocycles. The number of carbonyl (C=O) groups is 1. The highest BCUT2D eigenvalue weighted by atomic mass is 32.2. The van der Waals surface area contributed by atoms with E-state index < -0.39 is 20.5 Å². The fourth-order valence-corrected chi connectivity index (χ4v) is 5.61. The number of unbranched alkanes of at least 4 members (excludes halogenated alkanes) is 1. The molecule has 8 nitrogen and oxygen atoms in total. The fraction of sp³-hybridized carbons (Fsp3) is 0.480. The third-order valence-corrected chi connectivity index (χ3v) is 8.35. The summed E-state index contributed by atoms with van der Waals surface area (Å²) < 4.78 is 47.0. The standard InChI is InChI=1S/C25H33NO7S/c1-2-3-15-31-20-5-7-21(8-6-20)32-16-4-17-33-22-9-11-23(12-10-22)34(28,29)25(24(26)27)13-18-30-19-14-25/h5-12H,2-4,13-19H2,1H3,(H2,26,27). The van der Waals surface area contributed by atoms with Gasteiger partial charge in [0.25, 0.3) is 0 Å². The fourth-order valence-electron chi connectivity index (χ4n) is 3.69. The van der Waals surface area contributed by atoms with E-state index in [0.717, 1.165) is 24.3 Å². The van der Waals surface area contributed by atoms with Gasteiger partial charge in [0, 0.05) is 19.6 Å². The Balaban J connectivity index is 1.46. The normalized spacial score (nSPS) is 15.4. The van der Waals surface area contributed by atoms with Crippen molar-refractivity contribution < 1.29 is 32.2 Å². The smallest absolute Gasteiger partial charge is 0.239 e. The van der Waals surface area contributed by atoms with Gasteiger partial charge in [-0.3, -0.25) is 4.79 Å². The summed E-state index contributed by atoms with van der Waals surface area (Å²) in [4.78, 5) is 12.1. The molecular formula is C25H33NO7S. The van der Waals surface area contributed by atoms with E-state index in [4.69, 9.17) is 24.7 Å². The third-order valence-electron chi connectivity index (χ3n) is 5.81. The largest absolute Gasteiger partial charge is 0.494 e. The van der Waals surface area contributed by atoms with E-state index >= 15 is 0 Å². The minimum atomic E-state index is -3.95. The molecule has 34 heavy (non-hydrogen) atoms. The first-order valence-corrected chi connectivity index (χ1v) is 13.1. The number of nitrogens with two attached hydrogens (primary N) is 1. The molecule has 0 atom stereocenters. The highest BCUT2D eigenvalue weighted by Crippen LogP contribution is 2.35. The van der Waals surface area contributed by atoms with Crippen molar-refractivity contribution in [1.29, 1.82) is 0 Å². The van der Waals surface area contributed by atoms with E-state index in [0.29, 0.717) is 32.0 Å². The van der Waals surface area contributed by atoms with Crippen LogP contribution in [0.4, 0.5) is 0 Å². The Hall–Kier alpha value is -2.78. The molecule has 1 fully saturated rings. The van der Waals surface area contributed by atoms with Crippen molar-refractivity contribution in [3.8, 4) is 17.2 Å². The number of benzene rings is 2. The van der Waals surface area contributed by atoms with E-state index in [1.807, 2.05) is 24.3 Å². The van der Waals surface area contributed by atoms with Gasteiger partial charge in [-0.1, -0.05) is 13.3 Å². The highest BCUT2D eigenvalue weighted by Gasteiger charge is 2.51. The molecule has 186 valence electrons. The SMILES string of the molecule is CCCCOc1ccc(OCCCOc2ccc(S(=O)(=O)C3(C(N)=O)CCOCC3)cc2)cc1.